The van der Waals surface area contributed by atoms with Crippen molar-refractivity contribution in [2.45, 2.75) is 12.8 Å². The van der Waals surface area contributed by atoms with Gasteiger partial charge in [0.15, 0.2) is 0 Å². The van der Waals surface area contributed by atoms with Gasteiger partial charge in [-0.25, -0.2) is 4.39 Å². The van der Waals surface area contributed by atoms with Crippen molar-refractivity contribution in [3.05, 3.63) is 65.5 Å². The summed E-state index contributed by atoms with van der Waals surface area (Å²) >= 11 is 0. The molecule has 0 radical (unpaired) electrons. The topological polar surface area (TPSA) is 52.3 Å². The zero-order chi connectivity index (χ0) is 14.4. The van der Waals surface area contributed by atoms with Crippen molar-refractivity contribution in [3.8, 4) is 5.75 Å². The number of hydrogen-bond donors (Lipinski definition) is 1. The summed E-state index contributed by atoms with van der Waals surface area (Å²) in [6, 6.07) is 14.0. The van der Waals surface area contributed by atoms with Crippen molar-refractivity contribution in [2.75, 3.05) is 6.61 Å². The summed E-state index contributed by atoms with van der Waals surface area (Å²) in [5.41, 5.74) is 5.92. The van der Waals surface area contributed by atoms with Gasteiger partial charge in [0.25, 0.3) is 5.91 Å². The number of rotatable bonds is 6. The van der Waals surface area contributed by atoms with Gasteiger partial charge in [-0.15, -0.1) is 0 Å². The molecule has 1 amide bonds. The van der Waals surface area contributed by atoms with Crippen LogP contribution in [0.3, 0.4) is 0 Å². The lowest BCUT2D eigenvalue weighted by Gasteiger charge is -2.07. The third-order valence-corrected chi connectivity index (χ3v) is 2.92. The molecule has 0 fully saturated rings. The van der Waals surface area contributed by atoms with E-state index in [4.69, 9.17) is 10.5 Å². The highest BCUT2D eigenvalue weighted by Gasteiger charge is 2.08. The van der Waals surface area contributed by atoms with Gasteiger partial charge in [0, 0.05) is 0 Å². The average molecular weight is 273 g/mol. The van der Waals surface area contributed by atoms with Crippen molar-refractivity contribution in [1.29, 1.82) is 0 Å². The van der Waals surface area contributed by atoms with Crippen LogP contribution < -0.4 is 10.5 Å². The van der Waals surface area contributed by atoms with Gasteiger partial charge in [0.05, 0.1) is 12.2 Å². The van der Waals surface area contributed by atoms with Gasteiger partial charge in [-0.2, -0.15) is 0 Å². The third-order valence-electron chi connectivity index (χ3n) is 2.92. The molecule has 104 valence electrons. The molecule has 0 heterocycles. The monoisotopic (exact) mass is 273 g/mol. The molecule has 0 aliphatic carbocycles. The van der Waals surface area contributed by atoms with E-state index >= 15 is 0 Å². The van der Waals surface area contributed by atoms with Crippen molar-refractivity contribution in [3.63, 3.8) is 0 Å². The lowest BCUT2D eigenvalue weighted by molar-refractivity contribution is 0.0996. The Morgan fingerprint density at radius 1 is 1.15 bits per heavy atom. The van der Waals surface area contributed by atoms with E-state index in [0.29, 0.717) is 13.0 Å². The summed E-state index contributed by atoms with van der Waals surface area (Å²) in [4.78, 5) is 11.0. The predicted molar refractivity (Wildman–Crippen MR) is 75.2 cm³/mol. The van der Waals surface area contributed by atoms with Gasteiger partial charge in [0.1, 0.15) is 11.6 Å². The van der Waals surface area contributed by atoms with E-state index in [0.717, 1.165) is 17.7 Å². The number of carbonyl (C=O) groups is 1. The molecule has 0 saturated heterocycles. The van der Waals surface area contributed by atoms with Gasteiger partial charge in [-0.05, 0) is 42.7 Å². The Bertz CT molecular complexity index is 584. The number of nitrogens with two attached hydrogens (primary N) is 1. The minimum atomic E-state index is -0.745. The molecule has 2 N–H and O–H groups in total. The molecule has 0 atom stereocenters. The maximum atomic E-state index is 13.3. The maximum Gasteiger partial charge on any atom is 0.251 e. The first-order chi connectivity index (χ1) is 9.66. The number of ether oxygens (including phenoxy) is 1. The van der Waals surface area contributed by atoms with Crippen LogP contribution in [0.2, 0.25) is 0 Å². The highest BCUT2D eigenvalue weighted by molar-refractivity contribution is 5.93. The fourth-order valence-corrected chi connectivity index (χ4v) is 1.90. The summed E-state index contributed by atoms with van der Waals surface area (Å²) in [5, 5.41) is 0. The van der Waals surface area contributed by atoms with E-state index in [-0.39, 0.29) is 5.56 Å². The number of amides is 1. The Labute approximate surface area is 117 Å². The van der Waals surface area contributed by atoms with Crippen LogP contribution in [0.4, 0.5) is 4.39 Å². The van der Waals surface area contributed by atoms with E-state index in [1.54, 1.807) is 6.07 Å². The van der Waals surface area contributed by atoms with Gasteiger partial charge < -0.3 is 10.5 Å². The number of aryl methyl sites for hydroxylation is 1. The lowest BCUT2D eigenvalue weighted by Crippen LogP contribution is -2.13. The molecule has 2 aromatic rings. The molecule has 0 aliphatic heterocycles. The van der Waals surface area contributed by atoms with E-state index in [9.17, 15) is 9.18 Å². The molecule has 0 aromatic heterocycles. The lowest BCUT2D eigenvalue weighted by atomic mass is 10.1. The second-order valence-corrected chi connectivity index (χ2v) is 4.44. The first-order valence-corrected chi connectivity index (χ1v) is 6.43. The zero-order valence-electron chi connectivity index (χ0n) is 11.0. The highest BCUT2D eigenvalue weighted by atomic mass is 19.1. The molecule has 0 aliphatic rings. The minimum Gasteiger partial charge on any atom is -0.494 e. The Kier molecular flexibility index (Phi) is 4.71. The second kappa shape index (κ2) is 6.70. The van der Waals surface area contributed by atoms with Crippen molar-refractivity contribution < 1.29 is 13.9 Å². The molecule has 0 unspecified atom stereocenters. The molecular weight excluding hydrogens is 257 g/mol. The first-order valence-electron chi connectivity index (χ1n) is 6.43. The highest BCUT2D eigenvalue weighted by Crippen LogP contribution is 2.13. The number of benzene rings is 2. The van der Waals surface area contributed by atoms with Gasteiger partial charge >= 0.3 is 0 Å². The number of para-hydroxylation sites is 1. The van der Waals surface area contributed by atoms with Gasteiger partial charge in [0.2, 0.25) is 0 Å². The molecular formula is C16H16FNO2. The Morgan fingerprint density at radius 3 is 2.60 bits per heavy atom. The minimum absolute atomic E-state index is 0.0634. The second-order valence-electron chi connectivity index (χ2n) is 4.44. The SMILES string of the molecule is NC(=O)c1cc(CCCOc2ccccc2)ccc1F. The number of hydrogen-bond acceptors (Lipinski definition) is 2. The van der Waals surface area contributed by atoms with E-state index in [2.05, 4.69) is 0 Å². The summed E-state index contributed by atoms with van der Waals surface area (Å²) in [6.07, 6.45) is 1.48. The summed E-state index contributed by atoms with van der Waals surface area (Å²) in [5.74, 6) is -0.504. The first kappa shape index (κ1) is 14.1. The number of halogens is 1. The van der Waals surface area contributed by atoms with Crippen LogP contribution in [0, 0.1) is 5.82 Å². The smallest absolute Gasteiger partial charge is 0.251 e. The molecule has 0 bridgehead atoms. The Balaban J connectivity index is 1.85. The van der Waals surface area contributed by atoms with Crippen LogP contribution >= 0.6 is 0 Å². The zero-order valence-corrected chi connectivity index (χ0v) is 11.0. The summed E-state index contributed by atoms with van der Waals surface area (Å²) < 4.78 is 18.9. The normalized spacial score (nSPS) is 10.2. The largest absolute Gasteiger partial charge is 0.494 e. The van der Waals surface area contributed by atoms with Crippen molar-refractivity contribution in [1.82, 2.24) is 0 Å². The van der Waals surface area contributed by atoms with Gasteiger partial charge in [-0.3, -0.25) is 4.79 Å². The van der Waals surface area contributed by atoms with E-state index in [1.165, 1.54) is 12.1 Å². The van der Waals surface area contributed by atoms with Crippen LogP contribution in [-0.2, 0) is 6.42 Å². The van der Waals surface area contributed by atoms with Crippen LogP contribution in [-0.4, -0.2) is 12.5 Å². The van der Waals surface area contributed by atoms with Crippen LogP contribution in [0.5, 0.6) is 5.75 Å². The molecule has 20 heavy (non-hydrogen) atoms. The van der Waals surface area contributed by atoms with Crippen LogP contribution in [0.15, 0.2) is 48.5 Å². The quantitative estimate of drug-likeness (QED) is 0.823. The van der Waals surface area contributed by atoms with Crippen LogP contribution in [0.1, 0.15) is 22.3 Å². The fourth-order valence-electron chi connectivity index (χ4n) is 1.90. The molecule has 0 saturated carbocycles. The Hall–Kier alpha value is -2.36. The number of carbonyl (C=O) groups excluding carboxylic acids is 1. The predicted octanol–water partition coefficient (Wildman–Crippen LogP) is 2.94. The van der Waals surface area contributed by atoms with E-state index < -0.39 is 11.7 Å². The molecule has 4 heteroatoms. The average Bonchev–Trinajstić information content (AvgIpc) is 2.46. The number of primary amides is 1. The molecule has 2 aromatic carbocycles. The van der Waals surface area contributed by atoms with Crippen molar-refractivity contribution >= 4 is 5.91 Å². The Morgan fingerprint density at radius 2 is 1.90 bits per heavy atom. The molecule has 0 spiro atoms. The fraction of sp³-hybridized carbons (Fsp3) is 0.188. The summed E-state index contributed by atoms with van der Waals surface area (Å²) in [7, 11) is 0. The summed E-state index contributed by atoms with van der Waals surface area (Å²) in [6.45, 7) is 0.563. The van der Waals surface area contributed by atoms with Gasteiger partial charge in [-0.1, -0.05) is 24.3 Å². The van der Waals surface area contributed by atoms with Crippen molar-refractivity contribution in [2.24, 2.45) is 5.73 Å². The molecule has 3 nitrogen and oxygen atoms in total. The molecule has 2 rings (SSSR count). The maximum absolute atomic E-state index is 13.3. The standard InChI is InChI=1S/C16H16FNO2/c17-15-9-8-12(11-14(15)16(18)19)5-4-10-20-13-6-2-1-3-7-13/h1-3,6-9,11H,4-5,10H2,(H2,18,19). The van der Waals surface area contributed by atoms with E-state index in [1.807, 2.05) is 30.3 Å². The van der Waals surface area contributed by atoms with Crippen LogP contribution in [0.25, 0.3) is 0 Å². The third kappa shape index (κ3) is 3.82.